The number of hydrogen-bond acceptors (Lipinski definition) is 2. The molecule has 0 spiro atoms. The van der Waals surface area contributed by atoms with Crippen molar-refractivity contribution in [3.05, 3.63) is 12.7 Å². The lowest BCUT2D eigenvalue weighted by molar-refractivity contribution is 0.415. The molecule has 0 aromatic carbocycles. The molecule has 1 rings (SSSR count). The van der Waals surface area contributed by atoms with Crippen LogP contribution >= 0.6 is 11.8 Å². The summed E-state index contributed by atoms with van der Waals surface area (Å²) in [7, 11) is 0. The van der Waals surface area contributed by atoms with Crippen molar-refractivity contribution in [2.24, 2.45) is 4.99 Å². The molecule has 0 radical (unpaired) electrons. The van der Waals surface area contributed by atoms with E-state index in [0.29, 0.717) is 6.04 Å². The van der Waals surface area contributed by atoms with Gasteiger partial charge in [0.1, 0.15) is 0 Å². The van der Waals surface area contributed by atoms with E-state index < -0.39 is 0 Å². The minimum Gasteiger partial charge on any atom is -0.362 e. The van der Waals surface area contributed by atoms with E-state index in [-0.39, 0.29) is 0 Å². The molecule has 0 unspecified atom stereocenters. The first kappa shape index (κ1) is 11.6. The summed E-state index contributed by atoms with van der Waals surface area (Å²) in [6, 6.07) is 0.653. The molecule has 0 amide bonds. The molecule has 0 bridgehead atoms. The number of hydrogen-bond donors (Lipinski definition) is 1. The highest BCUT2D eigenvalue weighted by Gasteiger charge is 2.13. The quantitative estimate of drug-likeness (QED) is 0.442. The fourth-order valence-electron chi connectivity index (χ4n) is 1.74. The zero-order chi connectivity index (χ0) is 10.2. The minimum atomic E-state index is 0.653. The van der Waals surface area contributed by atoms with Crippen molar-refractivity contribution in [1.29, 1.82) is 0 Å². The predicted molar refractivity (Wildman–Crippen MR) is 66.0 cm³/mol. The summed E-state index contributed by atoms with van der Waals surface area (Å²) in [5, 5.41) is 4.57. The Balaban J connectivity index is 2.34. The van der Waals surface area contributed by atoms with Crippen molar-refractivity contribution >= 4 is 16.9 Å². The topological polar surface area (TPSA) is 24.4 Å². The second kappa shape index (κ2) is 6.93. The zero-order valence-corrected chi connectivity index (χ0v) is 9.78. The lowest BCUT2D eigenvalue weighted by atomic mass is 9.96. The molecule has 0 aliphatic heterocycles. The SMILES string of the molecule is C=CCN=C(NC1CCCCC1)SC. The second-order valence-electron chi connectivity index (χ2n) is 3.62. The first-order chi connectivity index (χ1) is 6.86. The van der Waals surface area contributed by atoms with Gasteiger partial charge in [-0.25, -0.2) is 0 Å². The first-order valence-corrected chi connectivity index (χ1v) is 6.55. The Bertz CT molecular complexity index is 195. The largest absolute Gasteiger partial charge is 0.362 e. The van der Waals surface area contributed by atoms with Gasteiger partial charge < -0.3 is 5.32 Å². The van der Waals surface area contributed by atoms with E-state index in [2.05, 4.69) is 23.1 Å². The number of amidine groups is 1. The van der Waals surface area contributed by atoms with Crippen molar-refractivity contribution in [1.82, 2.24) is 5.32 Å². The molecule has 3 heteroatoms. The Labute approximate surface area is 91.3 Å². The van der Waals surface area contributed by atoms with Crippen LogP contribution in [0.1, 0.15) is 32.1 Å². The van der Waals surface area contributed by atoms with E-state index >= 15 is 0 Å². The van der Waals surface area contributed by atoms with Crippen molar-refractivity contribution < 1.29 is 0 Å². The molecule has 0 aromatic heterocycles. The van der Waals surface area contributed by atoms with Crippen molar-refractivity contribution in [3.8, 4) is 0 Å². The molecule has 0 atom stereocenters. The molecule has 0 saturated heterocycles. The summed E-state index contributed by atoms with van der Waals surface area (Å²) in [4.78, 5) is 4.41. The van der Waals surface area contributed by atoms with Crippen LogP contribution in [0.5, 0.6) is 0 Å². The third-order valence-corrected chi connectivity index (χ3v) is 3.12. The average Bonchev–Trinajstić information content (AvgIpc) is 2.25. The Morgan fingerprint density at radius 3 is 2.79 bits per heavy atom. The molecule has 0 aromatic rings. The fraction of sp³-hybridized carbons (Fsp3) is 0.727. The summed E-state index contributed by atoms with van der Waals surface area (Å²) in [5.74, 6) is 0. The molecule has 1 aliphatic rings. The van der Waals surface area contributed by atoms with Gasteiger partial charge in [0, 0.05) is 6.04 Å². The average molecular weight is 212 g/mol. The number of nitrogens with one attached hydrogen (secondary N) is 1. The van der Waals surface area contributed by atoms with Crippen LogP contribution in [0.3, 0.4) is 0 Å². The molecule has 80 valence electrons. The normalized spacial score (nSPS) is 19.4. The van der Waals surface area contributed by atoms with Crippen LogP contribution in [-0.4, -0.2) is 24.0 Å². The summed E-state index contributed by atoms with van der Waals surface area (Å²) in [5.41, 5.74) is 0. The van der Waals surface area contributed by atoms with Gasteiger partial charge in [-0.15, -0.1) is 6.58 Å². The van der Waals surface area contributed by atoms with E-state index in [1.54, 1.807) is 11.8 Å². The lowest BCUT2D eigenvalue weighted by Crippen LogP contribution is -2.34. The summed E-state index contributed by atoms with van der Waals surface area (Å²) < 4.78 is 0. The molecular weight excluding hydrogens is 192 g/mol. The summed E-state index contributed by atoms with van der Waals surface area (Å²) in [6.45, 7) is 4.39. The van der Waals surface area contributed by atoms with Gasteiger partial charge in [0.15, 0.2) is 5.17 Å². The highest BCUT2D eigenvalue weighted by molar-refractivity contribution is 8.13. The summed E-state index contributed by atoms with van der Waals surface area (Å²) >= 11 is 1.69. The van der Waals surface area contributed by atoms with Crippen LogP contribution < -0.4 is 5.32 Å². The molecule has 1 N–H and O–H groups in total. The number of nitrogens with zero attached hydrogens (tertiary/aromatic N) is 1. The van der Waals surface area contributed by atoms with Gasteiger partial charge in [-0.1, -0.05) is 37.1 Å². The number of rotatable bonds is 3. The second-order valence-corrected chi connectivity index (χ2v) is 4.41. The zero-order valence-electron chi connectivity index (χ0n) is 8.96. The van der Waals surface area contributed by atoms with E-state index in [1.807, 2.05) is 6.08 Å². The Morgan fingerprint density at radius 2 is 2.21 bits per heavy atom. The van der Waals surface area contributed by atoms with Crippen LogP contribution in [0.15, 0.2) is 17.6 Å². The third-order valence-electron chi connectivity index (χ3n) is 2.49. The van der Waals surface area contributed by atoms with Gasteiger partial charge in [0.2, 0.25) is 0 Å². The van der Waals surface area contributed by atoms with Gasteiger partial charge >= 0.3 is 0 Å². The molecule has 1 fully saturated rings. The van der Waals surface area contributed by atoms with Gasteiger partial charge in [-0.2, -0.15) is 0 Å². The van der Waals surface area contributed by atoms with Gasteiger partial charge in [0.05, 0.1) is 6.54 Å². The monoisotopic (exact) mass is 212 g/mol. The molecule has 14 heavy (non-hydrogen) atoms. The van der Waals surface area contributed by atoms with E-state index in [0.717, 1.165) is 11.7 Å². The lowest BCUT2D eigenvalue weighted by Gasteiger charge is -2.23. The maximum absolute atomic E-state index is 4.41. The van der Waals surface area contributed by atoms with Crippen LogP contribution in [0, 0.1) is 0 Å². The molecule has 1 saturated carbocycles. The van der Waals surface area contributed by atoms with Crippen molar-refractivity contribution in [3.63, 3.8) is 0 Å². The smallest absolute Gasteiger partial charge is 0.156 e. The number of thioether (sulfide) groups is 1. The van der Waals surface area contributed by atoms with Crippen molar-refractivity contribution in [2.75, 3.05) is 12.8 Å². The van der Waals surface area contributed by atoms with Crippen LogP contribution in [0.4, 0.5) is 0 Å². The fourth-order valence-corrected chi connectivity index (χ4v) is 2.23. The molecule has 0 heterocycles. The van der Waals surface area contributed by atoms with Crippen LogP contribution in [-0.2, 0) is 0 Å². The Hall–Kier alpha value is -0.440. The minimum absolute atomic E-state index is 0.653. The standard InChI is InChI=1S/C11H20N2S/c1-3-9-12-11(14-2)13-10-7-5-4-6-8-10/h3,10H,1,4-9H2,2H3,(H,12,13). The van der Waals surface area contributed by atoms with E-state index in [4.69, 9.17) is 0 Å². The van der Waals surface area contributed by atoms with E-state index in [9.17, 15) is 0 Å². The predicted octanol–water partition coefficient (Wildman–Crippen LogP) is 2.81. The highest BCUT2D eigenvalue weighted by atomic mass is 32.2. The Morgan fingerprint density at radius 1 is 1.50 bits per heavy atom. The molecule has 2 nitrogen and oxygen atoms in total. The maximum Gasteiger partial charge on any atom is 0.156 e. The first-order valence-electron chi connectivity index (χ1n) is 5.32. The highest BCUT2D eigenvalue weighted by Crippen LogP contribution is 2.18. The van der Waals surface area contributed by atoms with Crippen molar-refractivity contribution in [2.45, 2.75) is 38.1 Å². The van der Waals surface area contributed by atoms with Gasteiger partial charge in [-0.05, 0) is 19.1 Å². The third kappa shape index (κ3) is 4.18. The van der Waals surface area contributed by atoms with Gasteiger partial charge in [0.25, 0.3) is 0 Å². The van der Waals surface area contributed by atoms with E-state index in [1.165, 1.54) is 32.1 Å². The summed E-state index contributed by atoms with van der Waals surface area (Å²) in [6.07, 6.45) is 10.6. The number of aliphatic imine (C=N–C) groups is 1. The maximum atomic E-state index is 4.41. The molecule has 1 aliphatic carbocycles. The van der Waals surface area contributed by atoms with Crippen LogP contribution in [0.25, 0.3) is 0 Å². The Kier molecular flexibility index (Phi) is 5.76. The molecular formula is C11H20N2S. The van der Waals surface area contributed by atoms with Gasteiger partial charge in [-0.3, -0.25) is 4.99 Å². The van der Waals surface area contributed by atoms with Crippen LogP contribution in [0.2, 0.25) is 0 Å².